The summed E-state index contributed by atoms with van der Waals surface area (Å²) in [5.41, 5.74) is 1.07. The molecule has 2 saturated heterocycles. The Kier molecular flexibility index (Phi) is 4.97. The lowest BCUT2D eigenvalue weighted by Crippen LogP contribution is -2.43. The normalized spacial score (nSPS) is 23.9. The summed E-state index contributed by atoms with van der Waals surface area (Å²) >= 11 is 0. The molecule has 0 spiro atoms. The van der Waals surface area contributed by atoms with Crippen LogP contribution in [-0.4, -0.2) is 47.6 Å². The Balaban J connectivity index is 1.60. The molecule has 4 rings (SSSR count). The minimum Gasteiger partial charge on any atom is -0.334 e. The second-order valence-corrected chi connectivity index (χ2v) is 9.18. The van der Waals surface area contributed by atoms with Gasteiger partial charge in [-0.1, -0.05) is 30.3 Å². The van der Waals surface area contributed by atoms with Crippen LogP contribution in [0, 0.1) is 5.92 Å². The molecule has 1 aromatic carbocycles. The molecule has 0 N–H and O–H groups in total. The zero-order valence-corrected chi connectivity index (χ0v) is 15.9. The minimum atomic E-state index is -3.59. The van der Waals surface area contributed by atoms with E-state index in [1.54, 1.807) is 18.3 Å². The van der Waals surface area contributed by atoms with Crippen molar-refractivity contribution >= 4 is 15.9 Å². The fourth-order valence-corrected chi connectivity index (χ4v) is 5.61. The third-order valence-corrected chi connectivity index (χ3v) is 7.34. The first kappa shape index (κ1) is 18.1. The van der Waals surface area contributed by atoms with Crippen LogP contribution in [-0.2, 0) is 21.4 Å². The van der Waals surface area contributed by atoms with Crippen molar-refractivity contribution in [2.24, 2.45) is 5.92 Å². The van der Waals surface area contributed by atoms with Crippen LogP contribution < -0.4 is 0 Å². The molecule has 2 aliphatic heterocycles. The Bertz CT molecular complexity index is 903. The van der Waals surface area contributed by atoms with Gasteiger partial charge in [0.15, 0.2) is 0 Å². The molecule has 3 heterocycles. The Morgan fingerprint density at radius 2 is 1.89 bits per heavy atom. The Morgan fingerprint density at radius 3 is 2.63 bits per heavy atom. The second-order valence-electron chi connectivity index (χ2n) is 7.24. The molecule has 142 valence electrons. The van der Waals surface area contributed by atoms with Crippen LogP contribution in [0.25, 0.3) is 0 Å². The standard InChI is InChI=1S/C20H23N3O3S/c24-20-10-4-8-17-14-22(27(25,26)18-9-5-11-21-12-18)15-19(17)23(20)13-16-6-2-1-3-7-16/h1-3,5-7,9,11-12,17,19H,4,8,10,13-15H2. The van der Waals surface area contributed by atoms with E-state index in [1.165, 1.54) is 10.5 Å². The number of carbonyl (C=O) groups is 1. The van der Waals surface area contributed by atoms with Gasteiger partial charge in [-0.25, -0.2) is 8.42 Å². The third kappa shape index (κ3) is 3.61. The van der Waals surface area contributed by atoms with Gasteiger partial charge in [0.25, 0.3) is 0 Å². The van der Waals surface area contributed by atoms with Gasteiger partial charge < -0.3 is 4.90 Å². The van der Waals surface area contributed by atoms with E-state index >= 15 is 0 Å². The molecule has 6 nitrogen and oxygen atoms in total. The van der Waals surface area contributed by atoms with Crippen molar-refractivity contribution in [1.29, 1.82) is 0 Å². The van der Waals surface area contributed by atoms with Crippen LogP contribution in [0.5, 0.6) is 0 Å². The van der Waals surface area contributed by atoms with E-state index in [1.807, 2.05) is 35.2 Å². The number of rotatable bonds is 4. The number of fused-ring (bicyclic) bond motifs is 1. The maximum Gasteiger partial charge on any atom is 0.244 e. The molecule has 2 fully saturated rings. The molecule has 7 heteroatoms. The first-order valence-electron chi connectivity index (χ1n) is 9.29. The van der Waals surface area contributed by atoms with E-state index in [9.17, 15) is 13.2 Å². The number of benzene rings is 1. The highest BCUT2D eigenvalue weighted by atomic mass is 32.2. The van der Waals surface area contributed by atoms with E-state index in [-0.39, 0.29) is 22.8 Å². The minimum absolute atomic E-state index is 0.0772. The fourth-order valence-electron chi connectivity index (χ4n) is 4.13. The van der Waals surface area contributed by atoms with E-state index in [0.29, 0.717) is 26.1 Å². The van der Waals surface area contributed by atoms with Gasteiger partial charge in [-0.05, 0) is 36.5 Å². The van der Waals surface area contributed by atoms with Crippen LogP contribution in [0.2, 0.25) is 0 Å². The van der Waals surface area contributed by atoms with Crippen molar-refractivity contribution in [2.75, 3.05) is 13.1 Å². The summed E-state index contributed by atoms with van der Waals surface area (Å²) in [5, 5.41) is 0. The molecule has 0 bridgehead atoms. The first-order chi connectivity index (χ1) is 13.1. The molecule has 27 heavy (non-hydrogen) atoms. The summed E-state index contributed by atoms with van der Waals surface area (Å²) in [7, 11) is -3.59. The number of hydrogen-bond acceptors (Lipinski definition) is 4. The highest BCUT2D eigenvalue weighted by Gasteiger charge is 2.44. The van der Waals surface area contributed by atoms with Gasteiger partial charge in [-0.15, -0.1) is 0 Å². The molecular weight excluding hydrogens is 362 g/mol. The van der Waals surface area contributed by atoms with Crippen molar-refractivity contribution in [2.45, 2.75) is 36.7 Å². The second kappa shape index (κ2) is 7.40. The third-order valence-electron chi connectivity index (χ3n) is 5.53. The molecule has 2 atom stereocenters. The SMILES string of the molecule is O=C1CCCC2CN(S(=O)(=O)c3cccnc3)CC2N1Cc1ccccc1. The van der Waals surface area contributed by atoms with Crippen LogP contribution in [0.4, 0.5) is 0 Å². The Hall–Kier alpha value is -2.25. The fraction of sp³-hybridized carbons (Fsp3) is 0.400. The maximum atomic E-state index is 13.0. The predicted octanol–water partition coefficient (Wildman–Crippen LogP) is 2.28. The molecule has 2 aromatic rings. The molecular formula is C20H23N3O3S. The molecule has 0 saturated carbocycles. The number of hydrogen-bond donors (Lipinski definition) is 0. The van der Waals surface area contributed by atoms with Crippen LogP contribution in [0.3, 0.4) is 0 Å². The summed E-state index contributed by atoms with van der Waals surface area (Å²) in [6.07, 6.45) is 5.17. The van der Waals surface area contributed by atoms with Crippen molar-refractivity contribution in [1.82, 2.24) is 14.2 Å². The summed E-state index contributed by atoms with van der Waals surface area (Å²) in [4.78, 5) is 18.8. The highest BCUT2D eigenvalue weighted by Crippen LogP contribution is 2.34. The number of sulfonamides is 1. The lowest BCUT2D eigenvalue weighted by molar-refractivity contribution is -0.133. The first-order valence-corrected chi connectivity index (χ1v) is 10.7. The summed E-state index contributed by atoms with van der Waals surface area (Å²) in [6.45, 7) is 1.34. The van der Waals surface area contributed by atoms with Gasteiger partial charge in [0.1, 0.15) is 4.90 Å². The van der Waals surface area contributed by atoms with Gasteiger partial charge in [0.05, 0.1) is 0 Å². The van der Waals surface area contributed by atoms with Crippen LogP contribution in [0.1, 0.15) is 24.8 Å². The number of likely N-dealkylation sites (tertiary alicyclic amines) is 1. The number of amides is 1. The van der Waals surface area contributed by atoms with E-state index in [2.05, 4.69) is 4.98 Å². The van der Waals surface area contributed by atoms with Gasteiger partial charge >= 0.3 is 0 Å². The summed E-state index contributed by atoms with van der Waals surface area (Å²) in [5.74, 6) is 0.290. The average molecular weight is 385 g/mol. The largest absolute Gasteiger partial charge is 0.334 e. The van der Waals surface area contributed by atoms with Crippen LogP contribution in [0.15, 0.2) is 59.8 Å². The molecule has 0 radical (unpaired) electrons. The van der Waals surface area contributed by atoms with Gasteiger partial charge in [-0.2, -0.15) is 4.31 Å². The molecule has 1 amide bonds. The lowest BCUT2D eigenvalue weighted by Gasteiger charge is -2.30. The summed E-state index contributed by atoms with van der Waals surface area (Å²) < 4.78 is 27.5. The van der Waals surface area contributed by atoms with E-state index in [0.717, 1.165) is 18.4 Å². The molecule has 0 aliphatic carbocycles. The monoisotopic (exact) mass is 385 g/mol. The van der Waals surface area contributed by atoms with Crippen LogP contribution >= 0.6 is 0 Å². The van der Waals surface area contributed by atoms with Crippen molar-refractivity contribution in [3.05, 3.63) is 60.4 Å². The lowest BCUT2D eigenvalue weighted by atomic mass is 9.98. The van der Waals surface area contributed by atoms with E-state index in [4.69, 9.17) is 0 Å². The Morgan fingerprint density at radius 1 is 1.07 bits per heavy atom. The quantitative estimate of drug-likeness (QED) is 0.810. The average Bonchev–Trinajstić information content (AvgIpc) is 3.06. The molecule has 1 aromatic heterocycles. The van der Waals surface area contributed by atoms with Gasteiger partial charge in [-0.3, -0.25) is 9.78 Å². The summed E-state index contributed by atoms with van der Waals surface area (Å²) in [6, 6.07) is 13.0. The Labute approximate surface area is 159 Å². The van der Waals surface area contributed by atoms with Gasteiger partial charge in [0.2, 0.25) is 15.9 Å². The number of nitrogens with zero attached hydrogens (tertiary/aromatic N) is 3. The zero-order chi connectivity index (χ0) is 18.9. The topological polar surface area (TPSA) is 70.6 Å². The predicted molar refractivity (Wildman–Crippen MR) is 101 cm³/mol. The van der Waals surface area contributed by atoms with Gasteiger partial charge in [0, 0.05) is 44.5 Å². The van der Waals surface area contributed by atoms with Crippen molar-refractivity contribution in [3.63, 3.8) is 0 Å². The number of pyridine rings is 1. The van der Waals surface area contributed by atoms with E-state index < -0.39 is 10.0 Å². The smallest absolute Gasteiger partial charge is 0.244 e. The molecule has 2 unspecified atom stereocenters. The zero-order valence-electron chi connectivity index (χ0n) is 15.1. The molecule has 2 aliphatic rings. The number of aromatic nitrogens is 1. The number of carbonyl (C=O) groups excluding carboxylic acids is 1. The maximum absolute atomic E-state index is 13.0. The highest BCUT2D eigenvalue weighted by molar-refractivity contribution is 7.89. The van der Waals surface area contributed by atoms with Crippen molar-refractivity contribution in [3.8, 4) is 0 Å². The van der Waals surface area contributed by atoms with Crippen molar-refractivity contribution < 1.29 is 13.2 Å².